The highest BCUT2D eigenvalue weighted by atomic mass is 15.0. The van der Waals surface area contributed by atoms with E-state index in [1.807, 2.05) is 30.5 Å². The summed E-state index contributed by atoms with van der Waals surface area (Å²) in [4.78, 5) is 4.54. The minimum Gasteiger partial charge on any atom is -0.317 e. The fourth-order valence-corrected chi connectivity index (χ4v) is 4.33. The monoisotopic (exact) mass is 392 g/mol. The molecule has 4 nitrogen and oxygen atoms in total. The topological polar surface area (TPSA) is 53.1 Å². The van der Waals surface area contributed by atoms with Crippen LogP contribution in [-0.4, -0.2) is 22.5 Å². The Hall–Kier alpha value is -3.42. The first-order chi connectivity index (χ1) is 14.8. The van der Waals surface area contributed by atoms with Crippen LogP contribution in [0.1, 0.15) is 24.0 Å². The summed E-state index contributed by atoms with van der Waals surface area (Å²) in [7, 11) is 0. The van der Waals surface area contributed by atoms with Crippen molar-refractivity contribution < 1.29 is 0 Å². The number of nitriles is 1. The minimum absolute atomic E-state index is 0.665. The summed E-state index contributed by atoms with van der Waals surface area (Å²) < 4.78 is 2.12. The van der Waals surface area contributed by atoms with Crippen LogP contribution in [0.25, 0.3) is 28.0 Å². The van der Waals surface area contributed by atoms with Crippen LogP contribution < -0.4 is 5.32 Å². The second-order valence-corrected chi connectivity index (χ2v) is 8.07. The molecule has 5 rings (SSSR count). The van der Waals surface area contributed by atoms with Gasteiger partial charge in [0.25, 0.3) is 0 Å². The first kappa shape index (κ1) is 18.6. The zero-order valence-electron chi connectivity index (χ0n) is 16.9. The Morgan fingerprint density at radius 3 is 2.33 bits per heavy atom. The van der Waals surface area contributed by atoms with Crippen LogP contribution in [0.5, 0.6) is 0 Å². The molecular weight excluding hydrogens is 368 g/mol. The molecule has 0 aliphatic carbocycles. The molecule has 2 aromatic heterocycles. The quantitative estimate of drug-likeness (QED) is 0.527. The van der Waals surface area contributed by atoms with E-state index in [-0.39, 0.29) is 0 Å². The normalized spacial score (nSPS) is 14.6. The largest absolute Gasteiger partial charge is 0.317 e. The Balaban J connectivity index is 1.42. The van der Waals surface area contributed by atoms with Crippen LogP contribution in [-0.2, 0) is 6.42 Å². The summed E-state index contributed by atoms with van der Waals surface area (Å²) in [5.74, 6) is 0.800. The highest BCUT2D eigenvalue weighted by Crippen LogP contribution is 2.26. The van der Waals surface area contributed by atoms with Gasteiger partial charge < -0.3 is 5.32 Å². The molecule has 0 radical (unpaired) electrons. The molecule has 1 fully saturated rings. The summed E-state index contributed by atoms with van der Waals surface area (Å²) in [5, 5.41) is 12.5. The van der Waals surface area contributed by atoms with Gasteiger partial charge in [-0.1, -0.05) is 36.4 Å². The number of hydrogen-bond donors (Lipinski definition) is 1. The molecule has 2 aromatic carbocycles. The van der Waals surface area contributed by atoms with Gasteiger partial charge in [0.1, 0.15) is 5.65 Å². The molecular formula is C26H24N4. The number of piperidine rings is 1. The lowest BCUT2D eigenvalue weighted by Crippen LogP contribution is -2.28. The fraction of sp³-hybridized carbons (Fsp3) is 0.231. The van der Waals surface area contributed by atoms with Crippen molar-refractivity contribution in [2.75, 3.05) is 13.1 Å². The van der Waals surface area contributed by atoms with E-state index in [0.29, 0.717) is 5.56 Å². The number of imidazole rings is 1. The Morgan fingerprint density at radius 1 is 0.900 bits per heavy atom. The van der Waals surface area contributed by atoms with Gasteiger partial charge in [-0.25, -0.2) is 4.98 Å². The van der Waals surface area contributed by atoms with Gasteiger partial charge in [0.2, 0.25) is 0 Å². The second kappa shape index (κ2) is 8.14. The van der Waals surface area contributed by atoms with Crippen molar-refractivity contribution >= 4 is 5.65 Å². The Morgan fingerprint density at radius 2 is 1.60 bits per heavy atom. The lowest BCUT2D eigenvalue weighted by Gasteiger charge is -2.22. The molecule has 4 aromatic rings. The highest BCUT2D eigenvalue weighted by Gasteiger charge is 2.13. The van der Waals surface area contributed by atoms with Crippen molar-refractivity contribution in [3.8, 4) is 28.5 Å². The number of nitrogens with zero attached hydrogens (tertiary/aromatic N) is 3. The Kier molecular flexibility index (Phi) is 5.04. The van der Waals surface area contributed by atoms with E-state index in [9.17, 15) is 0 Å². The van der Waals surface area contributed by atoms with Crippen LogP contribution in [0.4, 0.5) is 0 Å². The van der Waals surface area contributed by atoms with Gasteiger partial charge in [-0.15, -0.1) is 0 Å². The van der Waals surface area contributed by atoms with Crippen molar-refractivity contribution in [3.05, 3.63) is 84.2 Å². The molecule has 0 amide bonds. The standard InChI is InChI=1S/C26H24N4/c27-16-21-3-7-23(8-4-21)25-17-29-26-10-9-24(18-30(25)26)22-5-1-19(2-6-22)15-20-11-13-28-14-12-20/h1-10,17-18,20,28H,11-15H2. The molecule has 1 saturated heterocycles. The third-order valence-corrected chi connectivity index (χ3v) is 6.09. The van der Waals surface area contributed by atoms with Gasteiger partial charge in [-0.3, -0.25) is 4.40 Å². The molecule has 3 heterocycles. The maximum atomic E-state index is 9.03. The van der Waals surface area contributed by atoms with E-state index in [0.717, 1.165) is 35.9 Å². The third-order valence-electron chi connectivity index (χ3n) is 6.09. The number of pyridine rings is 1. The van der Waals surface area contributed by atoms with Crippen molar-refractivity contribution in [2.45, 2.75) is 19.3 Å². The number of benzene rings is 2. The maximum absolute atomic E-state index is 9.03. The van der Waals surface area contributed by atoms with E-state index >= 15 is 0 Å². The third kappa shape index (κ3) is 3.72. The highest BCUT2D eigenvalue weighted by molar-refractivity contribution is 5.69. The van der Waals surface area contributed by atoms with Gasteiger partial charge in [-0.2, -0.15) is 5.26 Å². The van der Waals surface area contributed by atoms with Crippen molar-refractivity contribution in [2.24, 2.45) is 5.92 Å². The van der Waals surface area contributed by atoms with Crippen molar-refractivity contribution in [1.29, 1.82) is 5.26 Å². The fourth-order valence-electron chi connectivity index (χ4n) is 4.33. The SMILES string of the molecule is N#Cc1ccc(-c2cnc3ccc(-c4ccc(CC5CCNCC5)cc4)cn23)cc1. The summed E-state index contributed by atoms with van der Waals surface area (Å²) in [5.41, 5.74) is 7.47. The zero-order valence-corrected chi connectivity index (χ0v) is 16.9. The van der Waals surface area contributed by atoms with Gasteiger partial charge in [0.15, 0.2) is 0 Å². The molecule has 0 spiro atoms. The molecule has 0 unspecified atom stereocenters. The number of nitrogens with one attached hydrogen (secondary N) is 1. The molecule has 4 heteroatoms. The van der Waals surface area contributed by atoms with Crippen LogP contribution in [0, 0.1) is 17.2 Å². The van der Waals surface area contributed by atoms with Crippen LogP contribution in [0.3, 0.4) is 0 Å². The molecule has 0 atom stereocenters. The predicted molar refractivity (Wildman–Crippen MR) is 120 cm³/mol. The smallest absolute Gasteiger partial charge is 0.137 e. The maximum Gasteiger partial charge on any atom is 0.137 e. The van der Waals surface area contributed by atoms with E-state index in [4.69, 9.17) is 5.26 Å². The van der Waals surface area contributed by atoms with E-state index < -0.39 is 0 Å². The summed E-state index contributed by atoms with van der Waals surface area (Å²) >= 11 is 0. The number of hydrogen-bond acceptors (Lipinski definition) is 3. The van der Waals surface area contributed by atoms with Crippen molar-refractivity contribution in [1.82, 2.24) is 14.7 Å². The first-order valence-electron chi connectivity index (χ1n) is 10.6. The van der Waals surface area contributed by atoms with Gasteiger partial charge in [-0.05, 0) is 79.2 Å². The Labute approximate surface area is 176 Å². The molecule has 148 valence electrons. The first-order valence-corrected chi connectivity index (χ1v) is 10.6. The molecule has 0 saturated carbocycles. The zero-order chi connectivity index (χ0) is 20.3. The van der Waals surface area contributed by atoms with Crippen LogP contribution >= 0.6 is 0 Å². The minimum atomic E-state index is 0.665. The van der Waals surface area contributed by atoms with E-state index in [1.54, 1.807) is 0 Å². The van der Waals surface area contributed by atoms with Gasteiger partial charge in [0.05, 0.1) is 23.5 Å². The average molecular weight is 393 g/mol. The number of aromatic nitrogens is 2. The molecule has 1 aliphatic heterocycles. The second-order valence-electron chi connectivity index (χ2n) is 8.07. The summed E-state index contributed by atoms with van der Waals surface area (Å²) in [6.45, 7) is 2.30. The van der Waals surface area contributed by atoms with E-state index in [1.165, 1.54) is 36.0 Å². The summed E-state index contributed by atoms with van der Waals surface area (Å²) in [6.07, 6.45) is 7.76. The van der Waals surface area contributed by atoms with Gasteiger partial charge >= 0.3 is 0 Å². The molecule has 30 heavy (non-hydrogen) atoms. The van der Waals surface area contributed by atoms with Crippen molar-refractivity contribution in [3.63, 3.8) is 0 Å². The molecule has 1 N–H and O–H groups in total. The van der Waals surface area contributed by atoms with Gasteiger partial charge in [0, 0.05) is 11.8 Å². The lowest BCUT2D eigenvalue weighted by atomic mass is 9.90. The number of rotatable bonds is 4. The average Bonchev–Trinajstić information content (AvgIpc) is 3.24. The lowest BCUT2D eigenvalue weighted by molar-refractivity contribution is 0.372. The summed E-state index contributed by atoms with van der Waals surface area (Å²) in [6, 6.07) is 23.0. The van der Waals surface area contributed by atoms with Crippen LogP contribution in [0.15, 0.2) is 73.1 Å². The van der Waals surface area contributed by atoms with E-state index in [2.05, 4.69) is 63.4 Å². The number of fused-ring (bicyclic) bond motifs is 1. The Bertz CT molecular complexity index is 1190. The van der Waals surface area contributed by atoms with Crippen LogP contribution in [0.2, 0.25) is 0 Å². The predicted octanol–water partition coefficient (Wildman–Crippen LogP) is 5.08. The molecule has 0 bridgehead atoms. The molecule has 1 aliphatic rings.